The Morgan fingerprint density at radius 2 is 1.94 bits per heavy atom. The minimum atomic E-state index is -1.10. The molecule has 0 spiro atoms. The van der Waals surface area contributed by atoms with Crippen LogP contribution in [0.25, 0.3) is 0 Å². The quantitative estimate of drug-likeness (QED) is 0.375. The molecule has 2 atom stereocenters. The van der Waals surface area contributed by atoms with Gasteiger partial charge < -0.3 is 0 Å². The zero-order valence-corrected chi connectivity index (χ0v) is 10.5. The fourth-order valence-corrected chi connectivity index (χ4v) is 3.33. The SMILES string of the molecule is CC1CCc2c(F)cc(F)c(F)c2C(Br)C1. The Balaban J connectivity index is 2.59. The molecule has 2 rings (SSSR count). The van der Waals surface area contributed by atoms with Crippen molar-refractivity contribution in [2.24, 2.45) is 5.92 Å². The average Bonchev–Trinajstić information content (AvgIpc) is 2.34. The highest BCUT2D eigenvalue weighted by Gasteiger charge is 2.27. The molecule has 88 valence electrons. The summed E-state index contributed by atoms with van der Waals surface area (Å²) in [6.07, 6.45) is 1.98. The average molecular weight is 293 g/mol. The minimum absolute atomic E-state index is 0.168. The van der Waals surface area contributed by atoms with Crippen LogP contribution in [0.4, 0.5) is 13.2 Å². The minimum Gasteiger partial charge on any atom is -0.207 e. The third kappa shape index (κ3) is 1.99. The monoisotopic (exact) mass is 292 g/mol. The molecular weight excluding hydrogens is 281 g/mol. The number of hydrogen-bond donors (Lipinski definition) is 0. The Labute approximate surface area is 101 Å². The lowest BCUT2D eigenvalue weighted by Gasteiger charge is -2.14. The normalized spacial score (nSPS) is 25.1. The van der Waals surface area contributed by atoms with Gasteiger partial charge in [-0.3, -0.25) is 0 Å². The van der Waals surface area contributed by atoms with Crippen molar-refractivity contribution in [3.05, 3.63) is 34.6 Å². The van der Waals surface area contributed by atoms with Gasteiger partial charge in [0.1, 0.15) is 5.82 Å². The highest BCUT2D eigenvalue weighted by Crippen LogP contribution is 2.40. The lowest BCUT2D eigenvalue weighted by molar-refractivity contribution is 0.477. The van der Waals surface area contributed by atoms with E-state index >= 15 is 0 Å². The van der Waals surface area contributed by atoms with Gasteiger partial charge in [-0.2, -0.15) is 0 Å². The first-order valence-electron chi connectivity index (χ1n) is 5.31. The largest absolute Gasteiger partial charge is 0.207 e. The summed E-state index contributed by atoms with van der Waals surface area (Å²) < 4.78 is 40.4. The summed E-state index contributed by atoms with van der Waals surface area (Å²) in [5.74, 6) is -2.27. The third-order valence-electron chi connectivity index (χ3n) is 3.12. The maximum absolute atomic E-state index is 13.6. The van der Waals surface area contributed by atoms with E-state index in [-0.39, 0.29) is 10.4 Å². The van der Waals surface area contributed by atoms with E-state index in [0.717, 1.165) is 6.42 Å². The van der Waals surface area contributed by atoms with Gasteiger partial charge in [-0.05, 0) is 30.7 Å². The van der Waals surface area contributed by atoms with Gasteiger partial charge in [0, 0.05) is 16.5 Å². The van der Waals surface area contributed by atoms with Crippen molar-refractivity contribution in [3.63, 3.8) is 0 Å². The Morgan fingerprint density at radius 1 is 1.25 bits per heavy atom. The van der Waals surface area contributed by atoms with Gasteiger partial charge in [-0.1, -0.05) is 22.9 Å². The lowest BCUT2D eigenvalue weighted by Crippen LogP contribution is -2.04. The van der Waals surface area contributed by atoms with Crippen molar-refractivity contribution in [1.82, 2.24) is 0 Å². The molecule has 1 aromatic rings. The van der Waals surface area contributed by atoms with E-state index in [4.69, 9.17) is 0 Å². The topological polar surface area (TPSA) is 0 Å². The van der Waals surface area contributed by atoms with E-state index in [0.29, 0.717) is 30.4 Å². The molecule has 0 N–H and O–H groups in total. The lowest BCUT2D eigenvalue weighted by atomic mass is 10.0. The first-order chi connectivity index (χ1) is 7.50. The van der Waals surface area contributed by atoms with Crippen LogP contribution >= 0.6 is 15.9 Å². The van der Waals surface area contributed by atoms with Gasteiger partial charge in [0.25, 0.3) is 0 Å². The van der Waals surface area contributed by atoms with Gasteiger partial charge in [0.2, 0.25) is 0 Å². The summed E-state index contributed by atoms with van der Waals surface area (Å²) >= 11 is 3.32. The molecule has 0 saturated heterocycles. The number of benzene rings is 1. The van der Waals surface area contributed by atoms with Crippen LogP contribution in [0, 0.1) is 23.4 Å². The summed E-state index contributed by atoms with van der Waals surface area (Å²) in [5, 5.41) is 0. The second kappa shape index (κ2) is 4.40. The fourth-order valence-electron chi connectivity index (χ4n) is 2.21. The Morgan fingerprint density at radius 3 is 2.62 bits per heavy atom. The van der Waals surface area contributed by atoms with E-state index in [2.05, 4.69) is 15.9 Å². The first-order valence-corrected chi connectivity index (χ1v) is 6.22. The smallest absolute Gasteiger partial charge is 0.163 e. The van der Waals surface area contributed by atoms with Crippen LogP contribution in [-0.4, -0.2) is 0 Å². The van der Waals surface area contributed by atoms with Crippen LogP contribution in [0.3, 0.4) is 0 Å². The number of alkyl halides is 1. The van der Waals surface area contributed by atoms with Gasteiger partial charge in [0.15, 0.2) is 11.6 Å². The number of hydrogen-bond acceptors (Lipinski definition) is 0. The standard InChI is InChI=1S/C12H12BrF3/c1-6-2-3-7-9(14)5-10(15)12(16)11(7)8(13)4-6/h5-6,8H,2-4H2,1H3. The molecule has 1 aliphatic carbocycles. The molecule has 0 aromatic heterocycles. The summed E-state index contributed by atoms with van der Waals surface area (Å²) in [6, 6.07) is 0.643. The molecule has 0 radical (unpaired) electrons. The molecule has 16 heavy (non-hydrogen) atoms. The van der Waals surface area contributed by atoms with Crippen molar-refractivity contribution < 1.29 is 13.2 Å². The maximum Gasteiger partial charge on any atom is 0.163 e. The highest BCUT2D eigenvalue weighted by molar-refractivity contribution is 9.09. The molecule has 0 fully saturated rings. The van der Waals surface area contributed by atoms with Crippen molar-refractivity contribution in [3.8, 4) is 0 Å². The molecule has 0 aliphatic heterocycles. The predicted octanol–water partition coefficient (Wildman–Crippen LogP) is 4.51. The predicted molar refractivity (Wildman–Crippen MR) is 60.1 cm³/mol. The van der Waals surface area contributed by atoms with Crippen LogP contribution in [0.15, 0.2) is 6.07 Å². The highest BCUT2D eigenvalue weighted by atomic mass is 79.9. The van der Waals surface area contributed by atoms with Gasteiger partial charge in [-0.15, -0.1) is 0 Å². The summed E-state index contributed by atoms with van der Waals surface area (Å²) in [6.45, 7) is 2.03. The molecule has 0 bridgehead atoms. The molecule has 0 saturated carbocycles. The van der Waals surface area contributed by atoms with Crippen molar-refractivity contribution in [2.45, 2.75) is 31.0 Å². The second-order valence-corrected chi connectivity index (χ2v) is 5.50. The van der Waals surface area contributed by atoms with Crippen molar-refractivity contribution in [1.29, 1.82) is 0 Å². The van der Waals surface area contributed by atoms with E-state index in [1.54, 1.807) is 0 Å². The van der Waals surface area contributed by atoms with E-state index in [1.165, 1.54) is 0 Å². The second-order valence-electron chi connectivity index (χ2n) is 4.39. The van der Waals surface area contributed by atoms with Gasteiger partial charge >= 0.3 is 0 Å². The molecule has 0 heterocycles. The first kappa shape index (κ1) is 12.0. The van der Waals surface area contributed by atoms with E-state index in [1.807, 2.05) is 6.92 Å². The number of fused-ring (bicyclic) bond motifs is 1. The van der Waals surface area contributed by atoms with Gasteiger partial charge in [0.05, 0.1) is 0 Å². The summed E-state index contributed by atoms with van der Waals surface area (Å²) in [5.41, 5.74) is 0.493. The van der Waals surface area contributed by atoms with Crippen molar-refractivity contribution >= 4 is 15.9 Å². The molecule has 4 heteroatoms. The van der Waals surface area contributed by atoms with Crippen LogP contribution in [0.5, 0.6) is 0 Å². The zero-order valence-electron chi connectivity index (χ0n) is 8.87. The van der Waals surface area contributed by atoms with E-state index in [9.17, 15) is 13.2 Å². The van der Waals surface area contributed by atoms with Crippen LogP contribution in [-0.2, 0) is 6.42 Å². The Kier molecular flexibility index (Phi) is 3.29. The zero-order chi connectivity index (χ0) is 11.9. The fraction of sp³-hybridized carbons (Fsp3) is 0.500. The van der Waals surface area contributed by atoms with Gasteiger partial charge in [-0.25, -0.2) is 13.2 Å². The molecule has 0 nitrogen and oxygen atoms in total. The summed E-state index contributed by atoms with van der Waals surface area (Å²) in [4.78, 5) is -0.301. The Bertz CT molecular complexity index is 417. The van der Waals surface area contributed by atoms with Crippen LogP contribution in [0.2, 0.25) is 0 Å². The third-order valence-corrected chi connectivity index (χ3v) is 3.95. The summed E-state index contributed by atoms with van der Waals surface area (Å²) in [7, 11) is 0. The van der Waals surface area contributed by atoms with Crippen LogP contribution in [0.1, 0.15) is 35.7 Å². The van der Waals surface area contributed by atoms with E-state index < -0.39 is 17.5 Å². The molecule has 1 aromatic carbocycles. The van der Waals surface area contributed by atoms with Crippen molar-refractivity contribution in [2.75, 3.05) is 0 Å². The number of rotatable bonds is 0. The molecule has 0 amide bonds. The Hall–Kier alpha value is -0.510. The van der Waals surface area contributed by atoms with Crippen LogP contribution < -0.4 is 0 Å². The molecular formula is C12H12BrF3. The maximum atomic E-state index is 13.6. The molecule has 2 unspecified atom stereocenters. The number of halogens is 4. The molecule has 1 aliphatic rings.